The summed E-state index contributed by atoms with van der Waals surface area (Å²) in [5, 5.41) is 3.95. The maximum Gasteiger partial charge on any atom is 0.360 e. The Kier molecular flexibility index (Phi) is 4.89. The zero-order valence-corrected chi connectivity index (χ0v) is 11.3. The van der Waals surface area contributed by atoms with E-state index in [-0.39, 0.29) is 5.71 Å². The van der Waals surface area contributed by atoms with Gasteiger partial charge in [-0.25, -0.2) is 4.79 Å². The molecule has 0 heterocycles. The van der Waals surface area contributed by atoms with Gasteiger partial charge in [0, 0.05) is 5.56 Å². The van der Waals surface area contributed by atoms with E-state index >= 15 is 0 Å². The number of ether oxygens (including phenoxy) is 1. The molecule has 0 spiro atoms. The van der Waals surface area contributed by atoms with E-state index in [0.717, 1.165) is 6.42 Å². The van der Waals surface area contributed by atoms with Gasteiger partial charge in [0.1, 0.15) is 5.60 Å². The Morgan fingerprint density at radius 3 is 2.39 bits per heavy atom. The number of oxime groups is 1. The van der Waals surface area contributed by atoms with E-state index in [4.69, 9.17) is 9.57 Å². The van der Waals surface area contributed by atoms with Gasteiger partial charge in [-0.1, -0.05) is 42.4 Å². The Morgan fingerprint density at radius 1 is 1.28 bits per heavy atom. The maximum atomic E-state index is 11.7. The first-order chi connectivity index (χ1) is 8.50. The van der Waals surface area contributed by atoms with E-state index in [2.05, 4.69) is 5.16 Å². The molecule has 1 aromatic carbocycles. The fraction of sp³-hybridized carbons (Fsp3) is 0.429. The first-order valence-electron chi connectivity index (χ1n) is 5.90. The van der Waals surface area contributed by atoms with Crippen LogP contribution < -0.4 is 0 Å². The number of carbonyl (C=O) groups excluding carboxylic acids is 1. The summed E-state index contributed by atoms with van der Waals surface area (Å²) in [4.78, 5) is 17.1. The third-order valence-electron chi connectivity index (χ3n) is 2.66. The van der Waals surface area contributed by atoms with Gasteiger partial charge in [0.15, 0.2) is 5.71 Å². The number of nitrogens with zero attached hydrogens (tertiary/aromatic N) is 1. The zero-order valence-electron chi connectivity index (χ0n) is 11.3. The van der Waals surface area contributed by atoms with Crippen molar-refractivity contribution >= 4 is 11.7 Å². The van der Waals surface area contributed by atoms with Crippen molar-refractivity contribution < 1.29 is 14.4 Å². The van der Waals surface area contributed by atoms with Crippen LogP contribution >= 0.6 is 0 Å². The van der Waals surface area contributed by atoms with Crippen molar-refractivity contribution in [2.45, 2.75) is 32.8 Å². The summed E-state index contributed by atoms with van der Waals surface area (Å²) in [6.45, 7) is 5.82. The number of carbonyl (C=O) groups is 1. The molecular weight excluding hydrogens is 230 g/mol. The summed E-state index contributed by atoms with van der Waals surface area (Å²) >= 11 is 0. The molecule has 0 N–H and O–H groups in total. The van der Waals surface area contributed by atoms with Gasteiger partial charge in [-0.3, -0.25) is 0 Å². The summed E-state index contributed by atoms with van der Waals surface area (Å²) in [6.07, 6.45) is 0.791. The monoisotopic (exact) mass is 249 g/mol. The smallest absolute Gasteiger partial charge is 0.360 e. The van der Waals surface area contributed by atoms with Crippen molar-refractivity contribution in [1.29, 1.82) is 0 Å². The van der Waals surface area contributed by atoms with Gasteiger partial charge < -0.3 is 9.57 Å². The fourth-order valence-electron chi connectivity index (χ4n) is 1.13. The van der Waals surface area contributed by atoms with Crippen molar-refractivity contribution in [3.63, 3.8) is 0 Å². The fourth-order valence-corrected chi connectivity index (χ4v) is 1.13. The van der Waals surface area contributed by atoms with Crippen LogP contribution in [0.2, 0.25) is 0 Å². The highest BCUT2D eigenvalue weighted by molar-refractivity contribution is 6.43. The quantitative estimate of drug-likeness (QED) is 0.458. The Morgan fingerprint density at radius 2 is 1.89 bits per heavy atom. The molecule has 0 aliphatic heterocycles. The molecule has 0 saturated heterocycles. The summed E-state index contributed by atoms with van der Waals surface area (Å²) in [7, 11) is 1.33. The highest BCUT2D eigenvalue weighted by Crippen LogP contribution is 2.15. The van der Waals surface area contributed by atoms with Gasteiger partial charge in [0.05, 0.1) is 7.11 Å². The molecule has 1 aromatic rings. The minimum absolute atomic E-state index is 0.180. The van der Waals surface area contributed by atoms with Crippen LogP contribution in [0.5, 0.6) is 0 Å². The topological polar surface area (TPSA) is 47.9 Å². The van der Waals surface area contributed by atoms with E-state index in [9.17, 15) is 4.79 Å². The van der Waals surface area contributed by atoms with Crippen LogP contribution in [0.25, 0.3) is 0 Å². The van der Waals surface area contributed by atoms with Gasteiger partial charge in [-0.15, -0.1) is 0 Å². The average molecular weight is 249 g/mol. The van der Waals surface area contributed by atoms with Crippen molar-refractivity contribution in [1.82, 2.24) is 0 Å². The molecule has 0 atom stereocenters. The molecule has 0 saturated carbocycles. The van der Waals surface area contributed by atoms with Crippen molar-refractivity contribution in [3.05, 3.63) is 35.9 Å². The Labute approximate surface area is 108 Å². The third-order valence-corrected chi connectivity index (χ3v) is 2.66. The van der Waals surface area contributed by atoms with Crippen LogP contribution in [0.4, 0.5) is 0 Å². The second-order valence-corrected chi connectivity index (χ2v) is 4.50. The lowest BCUT2D eigenvalue weighted by Crippen LogP contribution is -2.24. The second-order valence-electron chi connectivity index (χ2n) is 4.50. The molecule has 4 heteroatoms. The Bertz CT molecular complexity index is 424. The molecule has 18 heavy (non-hydrogen) atoms. The van der Waals surface area contributed by atoms with Crippen LogP contribution in [0, 0.1) is 0 Å². The lowest BCUT2D eigenvalue weighted by molar-refractivity contribution is -0.133. The van der Waals surface area contributed by atoms with Crippen LogP contribution in [0.1, 0.15) is 32.8 Å². The standard InChI is InChI=1S/C14H19NO3/c1-5-14(2,3)18-15-12(13(16)17-4)11-9-7-6-8-10-11/h6-10H,5H2,1-4H3/b15-12+. The van der Waals surface area contributed by atoms with E-state index in [1.165, 1.54) is 7.11 Å². The van der Waals surface area contributed by atoms with Crippen LogP contribution in [-0.4, -0.2) is 24.4 Å². The van der Waals surface area contributed by atoms with Crippen molar-refractivity contribution in [2.24, 2.45) is 5.16 Å². The van der Waals surface area contributed by atoms with Crippen LogP contribution in [0.3, 0.4) is 0 Å². The van der Waals surface area contributed by atoms with Gasteiger partial charge in [0.2, 0.25) is 0 Å². The van der Waals surface area contributed by atoms with Gasteiger partial charge >= 0.3 is 5.97 Å². The number of esters is 1. The molecule has 0 aliphatic carbocycles. The summed E-state index contributed by atoms with van der Waals surface area (Å²) < 4.78 is 4.72. The molecule has 0 bridgehead atoms. The molecule has 0 radical (unpaired) electrons. The van der Waals surface area contributed by atoms with E-state index < -0.39 is 11.6 Å². The molecule has 1 rings (SSSR count). The van der Waals surface area contributed by atoms with Gasteiger partial charge in [-0.2, -0.15) is 0 Å². The predicted octanol–water partition coefficient (Wildman–Crippen LogP) is 2.77. The van der Waals surface area contributed by atoms with E-state index in [0.29, 0.717) is 5.56 Å². The number of benzene rings is 1. The van der Waals surface area contributed by atoms with Gasteiger partial charge in [-0.05, 0) is 20.3 Å². The SMILES string of the molecule is CCC(C)(C)O/N=C(/C(=O)OC)c1ccccc1. The van der Waals surface area contributed by atoms with Gasteiger partial charge in [0.25, 0.3) is 0 Å². The molecule has 0 amide bonds. The lowest BCUT2D eigenvalue weighted by atomic mass is 10.1. The highest BCUT2D eigenvalue weighted by atomic mass is 16.7. The predicted molar refractivity (Wildman–Crippen MR) is 70.5 cm³/mol. The third kappa shape index (κ3) is 3.87. The first kappa shape index (κ1) is 14.2. The highest BCUT2D eigenvalue weighted by Gasteiger charge is 2.20. The second kappa shape index (κ2) is 6.19. The summed E-state index contributed by atoms with van der Waals surface area (Å²) in [6, 6.07) is 9.11. The number of rotatable bonds is 5. The van der Waals surface area contributed by atoms with Crippen molar-refractivity contribution in [3.8, 4) is 0 Å². The number of hydrogen-bond donors (Lipinski definition) is 0. The molecule has 4 nitrogen and oxygen atoms in total. The van der Waals surface area contributed by atoms with Crippen molar-refractivity contribution in [2.75, 3.05) is 7.11 Å². The molecule has 0 aromatic heterocycles. The number of methoxy groups -OCH3 is 1. The maximum absolute atomic E-state index is 11.7. The zero-order chi connectivity index (χ0) is 13.6. The lowest BCUT2D eigenvalue weighted by Gasteiger charge is -2.20. The number of hydrogen-bond acceptors (Lipinski definition) is 4. The van der Waals surface area contributed by atoms with E-state index in [1.807, 2.05) is 39.0 Å². The summed E-state index contributed by atoms with van der Waals surface area (Å²) in [5.41, 5.74) is 0.449. The Balaban J connectivity index is 3.00. The molecule has 0 fully saturated rings. The minimum Gasteiger partial charge on any atom is -0.464 e. The molecular formula is C14H19NO3. The largest absolute Gasteiger partial charge is 0.464 e. The summed E-state index contributed by atoms with van der Waals surface area (Å²) in [5.74, 6) is -0.506. The molecule has 98 valence electrons. The normalized spacial score (nSPS) is 12.1. The van der Waals surface area contributed by atoms with Crippen LogP contribution in [0.15, 0.2) is 35.5 Å². The minimum atomic E-state index is -0.506. The molecule has 0 aliphatic rings. The Hall–Kier alpha value is -1.84. The van der Waals surface area contributed by atoms with Crippen LogP contribution in [-0.2, 0) is 14.4 Å². The average Bonchev–Trinajstić information content (AvgIpc) is 2.39. The first-order valence-corrected chi connectivity index (χ1v) is 5.90. The molecule has 0 unspecified atom stereocenters. The van der Waals surface area contributed by atoms with E-state index in [1.54, 1.807) is 12.1 Å².